The van der Waals surface area contributed by atoms with Crippen LogP contribution in [0.5, 0.6) is 5.75 Å². The molecule has 0 radical (unpaired) electrons. The molecule has 1 aromatic rings. The van der Waals surface area contributed by atoms with Gasteiger partial charge >= 0.3 is 0 Å². The van der Waals surface area contributed by atoms with Crippen LogP contribution in [-0.2, 0) is 17.6 Å². The van der Waals surface area contributed by atoms with Gasteiger partial charge in [-0.05, 0) is 30.4 Å². The molecule has 0 saturated heterocycles. The van der Waals surface area contributed by atoms with Crippen molar-refractivity contribution in [3.8, 4) is 5.75 Å². The maximum Gasteiger partial charge on any atom is 0.134 e. The van der Waals surface area contributed by atoms with E-state index in [4.69, 9.17) is 4.74 Å². The molecule has 94 valence electrons. The van der Waals surface area contributed by atoms with Crippen LogP contribution < -0.4 is 4.74 Å². The first kappa shape index (κ1) is 13.8. The van der Waals surface area contributed by atoms with Gasteiger partial charge in [-0.15, -0.1) is 0 Å². The average molecular weight is 234 g/mol. The van der Waals surface area contributed by atoms with Crippen LogP contribution in [0.1, 0.15) is 50.3 Å². The Morgan fingerprint density at radius 1 is 1.35 bits per heavy atom. The van der Waals surface area contributed by atoms with Crippen LogP contribution in [0.2, 0.25) is 0 Å². The van der Waals surface area contributed by atoms with Gasteiger partial charge in [-0.3, -0.25) is 4.79 Å². The molecular weight excluding hydrogens is 212 g/mol. The highest BCUT2D eigenvalue weighted by molar-refractivity contribution is 5.79. The third kappa shape index (κ3) is 3.09. The Bertz CT molecular complexity index is 406. The average Bonchev–Trinajstić information content (AvgIpc) is 2.27. The number of hydrogen-bond donors (Lipinski definition) is 0. The molecule has 2 heteroatoms. The summed E-state index contributed by atoms with van der Waals surface area (Å²) in [4.78, 5) is 11.4. The molecule has 0 aliphatic rings. The molecule has 0 aliphatic heterocycles. The highest BCUT2D eigenvalue weighted by Crippen LogP contribution is 2.32. The Kier molecular flexibility index (Phi) is 4.73. The normalized spacial score (nSPS) is 10.7. The molecule has 0 atom stereocenters. The Hall–Kier alpha value is -1.31. The van der Waals surface area contributed by atoms with Crippen LogP contribution in [0.15, 0.2) is 12.1 Å². The van der Waals surface area contributed by atoms with Crippen molar-refractivity contribution in [2.75, 3.05) is 7.11 Å². The summed E-state index contributed by atoms with van der Waals surface area (Å²) in [5.74, 6) is 1.48. The summed E-state index contributed by atoms with van der Waals surface area (Å²) < 4.78 is 5.51. The van der Waals surface area contributed by atoms with Crippen molar-refractivity contribution in [2.24, 2.45) is 0 Å². The summed E-state index contributed by atoms with van der Waals surface area (Å²) in [6.45, 7) is 8.01. The van der Waals surface area contributed by atoms with Crippen molar-refractivity contribution >= 4 is 5.78 Å². The molecule has 0 N–H and O–H groups in total. The minimum atomic E-state index is 0.179. The zero-order valence-corrected chi connectivity index (χ0v) is 11.5. The molecule has 0 amide bonds. The minimum absolute atomic E-state index is 0.179. The van der Waals surface area contributed by atoms with E-state index in [2.05, 4.69) is 32.9 Å². The fourth-order valence-corrected chi connectivity index (χ4v) is 2.20. The zero-order valence-electron chi connectivity index (χ0n) is 11.5. The van der Waals surface area contributed by atoms with Crippen molar-refractivity contribution in [3.05, 3.63) is 28.8 Å². The highest BCUT2D eigenvalue weighted by atomic mass is 16.5. The third-order valence-corrected chi connectivity index (χ3v) is 3.01. The minimum Gasteiger partial charge on any atom is -0.496 e. The van der Waals surface area contributed by atoms with E-state index in [1.165, 1.54) is 11.1 Å². The maximum atomic E-state index is 11.4. The lowest BCUT2D eigenvalue weighted by Gasteiger charge is -2.18. The Balaban J connectivity index is 3.38. The number of methoxy groups -OCH3 is 1. The second kappa shape index (κ2) is 5.85. The quantitative estimate of drug-likeness (QED) is 0.779. The van der Waals surface area contributed by atoms with E-state index in [-0.39, 0.29) is 5.78 Å². The number of hydrogen-bond acceptors (Lipinski definition) is 2. The molecule has 0 aromatic heterocycles. The van der Waals surface area contributed by atoms with Crippen LogP contribution >= 0.6 is 0 Å². The molecule has 0 heterocycles. The molecule has 17 heavy (non-hydrogen) atoms. The van der Waals surface area contributed by atoms with Crippen molar-refractivity contribution in [1.82, 2.24) is 0 Å². The summed E-state index contributed by atoms with van der Waals surface area (Å²) in [7, 11) is 1.68. The smallest absolute Gasteiger partial charge is 0.134 e. The Morgan fingerprint density at radius 2 is 2.00 bits per heavy atom. The van der Waals surface area contributed by atoms with Crippen LogP contribution in [-0.4, -0.2) is 12.9 Å². The standard InChI is InChI=1S/C15H22O2/c1-6-12-7-8-13(10(2)3)14(9-11(4)16)15(12)17-5/h7-8,10H,6,9H2,1-5H3. The highest BCUT2D eigenvalue weighted by Gasteiger charge is 2.16. The molecular formula is C15H22O2. The van der Waals surface area contributed by atoms with Crippen molar-refractivity contribution in [3.63, 3.8) is 0 Å². The number of ether oxygens (including phenoxy) is 1. The SMILES string of the molecule is CCc1ccc(C(C)C)c(CC(C)=O)c1OC. The molecule has 1 aromatic carbocycles. The van der Waals surface area contributed by atoms with Gasteiger partial charge in [0.2, 0.25) is 0 Å². The lowest BCUT2D eigenvalue weighted by atomic mass is 9.91. The van der Waals surface area contributed by atoms with E-state index < -0.39 is 0 Å². The van der Waals surface area contributed by atoms with E-state index in [1.807, 2.05) is 0 Å². The van der Waals surface area contributed by atoms with Gasteiger partial charge in [-0.2, -0.15) is 0 Å². The first-order chi connectivity index (χ1) is 8.01. The van der Waals surface area contributed by atoms with E-state index in [0.717, 1.165) is 17.7 Å². The number of ketones is 1. The van der Waals surface area contributed by atoms with Crippen molar-refractivity contribution < 1.29 is 9.53 Å². The zero-order chi connectivity index (χ0) is 13.0. The van der Waals surface area contributed by atoms with Gasteiger partial charge in [0.15, 0.2) is 0 Å². The Labute approximate surface area is 104 Å². The van der Waals surface area contributed by atoms with E-state index >= 15 is 0 Å². The lowest BCUT2D eigenvalue weighted by Crippen LogP contribution is -2.07. The lowest BCUT2D eigenvalue weighted by molar-refractivity contribution is -0.116. The summed E-state index contributed by atoms with van der Waals surface area (Å²) in [6, 6.07) is 4.24. The summed E-state index contributed by atoms with van der Waals surface area (Å²) >= 11 is 0. The van der Waals surface area contributed by atoms with Gasteiger partial charge in [-0.25, -0.2) is 0 Å². The van der Waals surface area contributed by atoms with Gasteiger partial charge in [0, 0.05) is 12.0 Å². The number of carbonyl (C=O) groups excluding carboxylic acids is 1. The molecule has 0 unspecified atom stereocenters. The molecule has 0 spiro atoms. The van der Waals surface area contributed by atoms with Gasteiger partial charge in [0.25, 0.3) is 0 Å². The fraction of sp³-hybridized carbons (Fsp3) is 0.533. The fourth-order valence-electron chi connectivity index (χ4n) is 2.20. The van der Waals surface area contributed by atoms with Crippen LogP contribution in [0, 0.1) is 0 Å². The predicted octanol–water partition coefficient (Wildman–Crippen LogP) is 3.51. The predicted molar refractivity (Wildman–Crippen MR) is 70.8 cm³/mol. The number of rotatable bonds is 5. The number of benzene rings is 1. The van der Waals surface area contributed by atoms with Gasteiger partial charge in [0.1, 0.15) is 11.5 Å². The first-order valence-corrected chi connectivity index (χ1v) is 6.19. The van der Waals surface area contributed by atoms with Crippen molar-refractivity contribution in [1.29, 1.82) is 0 Å². The van der Waals surface area contributed by atoms with Crippen LogP contribution in [0.25, 0.3) is 0 Å². The molecule has 0 saturated carbocycles. The molecule has 0 fully saturated rings. The van der Waals surface area contributed by atoms with Crippen molar-refractivity contribution in [2.45, 2.75) is 46.5 Å². The number of carbonyl (C=O) groups is 1. The summed E-state index contributed by atoms with van der Waals surface area (Å²) in [5, 5.41) is 0. The van der Waals surface area contributed by atoms with E-state index in [9.17, 15) is 4.79 Å². The molecule has 0 bridgehead atoms. The Morgan fingerprint density at radius 3 is 2.41 bits per heavy atom. The molecule has 2 nitrogen and oxygen atoms in total. The van der Waals surface area contributed by atoms with Gasteiger partial charge < -0.3 is 4.74 Å². The number of aryl methyl sites for hydroxylation is 1. The summed E-state index contributed by atoms with van der Waals surface area (Å²) in [5.41, 5.74) is 3.46. The molecule has 1 rings (SSSR count). The van der Waals surface area contributed by atoms with E-state index in [0.29, 0.717) is 12.3 Å². The van der Waals surface area contributed by atoms with Crippen LogP contribution in [0.3, 0.4) is 0 Å². The topological polar surface area (TPSA) is 26.3 Å². The molecule has 0 aliphatic carbocycles. The van der Waals surface area contributed by atoms with Crippen LogP contribution in [0.4, 0.5) is 0 Å². The maximum absolute atomic E-state index is 11.4. The monoisotopic (exact) mass is 234 g/mol. The van der Waals surface area contributed by atoms with Gasteiger partial charge in [0.05, 0.1) is 7.11 Å². The largest absolute Gasteiger partial charge is 0.496 e. The number of Topliss-reactive ketones (excluding diaryl/α,β-unsaturated/α-hetero) is 1. The third-order valence-electron chi connectivity index (χ3n) is 3.01. The second-order valence-corrected chi connectivity index (χ2v) is 4.71. The second-order valence-electron chi connectivity index (χ2n) is 4.71. The van der Waals surface area contributed by atoms with E-state index in [1.54, 1.807) is 14.0 Å². The summed E-state index contributed by atoms with van der Waals surface area (Å²) in [6.07, 6.45) is 1.39. The first-order valence-electron chi connectivity index (χ1n) is 6.19. The van der Waals surface area contributed by atoms with Gasteiger partial charge in [-0.1, -0.05) is 32.9 Å².